The van der Waals surface area contributed by atoms with Crippen LogP contribution in [0.4, 0.5) is 0 Å². The van der Waals surface area contributed by atoms with Gasteiger partial charge in [-0.1, -0.05) is 11.6 Å². The summed E-state index contributed by atoms with van der Waals surface area (Å²) in [5, 5.41) is 1.33. The Kier molecular flexibility index (Phi) is 4.30. The molecule has 0 N–H and O–H groups in total. The highest BCUT2D eigenvalue weighted by atomic mass is 35.5. The molecule has 0 unspecified atom stereocenters. The van der Waals surface area contributed by atoms with Crippen LogP contribution in [0.25, 0.3) is 11.0 Å². The van der Waals surface area contributed by atoms with Crippen LogP contribution in [0.5, 0.6) is 5.75 Å². The predicted octanol–water partition coefficient (Wildman–Crippen LogP) is 3.03. The third-order valence-electron chi connectivity index (χ3n) is 5.98. The standard InChI is InChI=1S/C20H23ClN2O4/c1-25-17-8-14(21)6-13-7-18(27-19(13)17)20(24)22-4-5-23-15(9-22)10-26-11-16(23)12-2-3-12/h6-8,12,15-16H,2-5,9-11H2,1H3/t15-,16-/m1/s1. The predicted molar refractivity (Wildman–Crippen MR) is 102 cm³/mol. The summed E-state index contributed by atoms with van der Waals surface area (Å²) >= 11 is 6.12. The lowest BCUT2D eigenvalue weighted by Crippen LogP contribution is -2.63. The zero-order valence-electron chi connectivity index (χ0n) is 15.3. The normalized spacial score (nSPS) is 26.2. The molecule has 2 aromatic rings. The number of rotatable bonds is 3. The maximum absolute atomic E-state index is 13.1. The van der Waals surface area contributed by atoms with Gasteiger partial charge in [0.25, 0.3) is 5.91 Å². The number of morpholine rings is 1. The zero-order chi connectivity index (χ0) is 18.5. The average molecular weight is 391 g/mol. The van der Waals surface area contributed by atoms with Gasteiger partial charge in [-0.25, -0.2) is 0 Å². The van der Waals surface area contributed by atoms with Crippen molar-refractivity contribution >= 4 is 28.5 Å². The summed E-state index contributed by atoms with van der Waals surface area (Å²) in [6.07, 6.45) is 2.62. The lowest BCUT2D eigenvalue weighted by atomic mass is 10.0. The molecule has 3 aliphatic rings. The van der Waals surface area contributed by atoms with E-state index in [-0.39, 0.29) is 11.9 Å². The second-order valence-electron chi connectivity index (χ2n) is 7.72. The number of benzene rings is 1. The highest BCUT2D eigenvalue weighted by molar-refractivity contribution is 6.31. The quantitative estimate of drug-likeness (QED) is 0.806. The van der Waals surface area contributed by atoms with Gasteiger partial charge in [-0.15, -0.1) is 0 Å². The van der Waals surface area contributed by atoms with E-state index in [9.17, 15) is 4.79 Å². The monoisotopic (exact) mass is 390 g/mol. The van der Waals surface area contributed by atoms with Crippen LogP contribution in [-0.4, -0.2) is 67.7 Å². The van der Waals surface area contributed by atoms with Gasteiger partial charge in [-0.05, 0) is 30.9 Å². The molecular weight excluding hydrogens is 368 g/mol. The minimum atomic E-state index is -0.0856. The molecular formula is C20H23ClN2O4. The maximum atomic E-state index is 13.1. The number of amides is 1. The van der Waals surface area contributed by atoms with E-state index < -0.39 is 0 Å². The summed E-state index contributed by atoms with van der Waals surface area (Å²) in [6, 6.07) is 6.03. The summed E-state index contributed by atoms with van der Waals surface area (Å²) < 4.78 is 17.0. The fourth-order valence-corrected chi connectivity index (χ4v) is 4.66. The number of carbonyl (C=O) groups excluding carboxylic acids is 1. The second-order valence-corrected chi connectivity index (χ2v) is 8.16. The number of nitrogens with zero attached hydrogens (tertiary/aromatic N) is 2. The highest BCUT2D eigenvalue weighted by Gasteiger charge is 2.43. The van der Waals surface area contributed by atoms with E-state index in [4.69, 9.17) is 25.5 Å². The second kappa shape index (κ2) is 6.69. The van der Waals surface area contributed by atoms with Crippen molar-refractivity contribution in [2.45, 2.75) is 24.9 Å². The van der Waals surface area contributed by atoms with Crippen LogP contribution in [0.15, 0.2) is 22.6 Å². The first-order valence-electron chi connectivity index (χ1n) is 9.54. The van der Waals surface area contributed by atoms with Gasteiger partial charge in [0.1, 0.15) is 0 Å². The summed E-state index contributed by atoms with van der Waals surface area (Å²) in [6.45, 7) is 3.82. The molecule has 1 aliphatic carbocycles. The fraction of sp³-hybridized carbons (Fsp3) is 0.550. The zero-order valence-corrected chi connectivity index (χ0v) is 16.1. The van der Waals surface area contributed by atoms with Crippen LogP contribution in [0.2, 0.25) is 5.02 Å². The Balaban J connectivity index is 1.36. The third-order valence-corrected chi connectivity index (χ3v) is 6.20. The van der Waals surface area contributed by atoms with Gasteiger partial charge in [-0.3, -0.25) is 9.69 Å². The lowest BCUT2D eigenvalue weighted by Gasteiger charge is -2.48. The number of carbonyl (C=O) groups is 1. The Morgan fingerprint density at radius 3 is 2.85 bits per heavy atom. The van der Waals surface area contributed by atoms with Crippen LogP contribution in [-0.2, 0) is 4.74 Å². The van der Waals surface area contributed by atoms with Crippen LogP contribution >= 0.6 is 11.6 Å². The molecule has 5 rings (SSSR count). The van der Waals surface area contributed by atoms with Crippen molar-refractivity contribution in [3.8, 4) is 5.75 Å². The molecule has 1 saturated carbocycles. The SMILES string of the molecule is COc1cc(Cl)cc2cc(C(=O)N3CCN4[C@@H](COC[C@@H]4C4CC4)C3)oc12. The van der Waals surface area contributed by atoms with Gasteiger partial charge < -0.3 is 18.8 Å². The molecule has 144 valence electrons. The van der Waals surface area contributed by atoms with Gasteiger partial charge >= 0.3 is 0 Å². The van der Waals surface area contributed by atoms with Crippen molar-refractivity contribution in [3.05, 3.63) is 29.0 Å². The molecule has 0 spiro atoms. The van der Waals surface area contributed by atoms with Crippen molar-refractivity contribution in [1.29, 1.82) is 0 Å². The largest absolute Gasteiger partial charge is 0.493 e. The van der Waals surface area contributed by atoms with Crippen molar-refractivity contribution in [1.82, 2.24) is 9.80 Å². The number of halogens is 1. The van der Waals surface area contributed by atoms with Crippen LogP contribution < -0.4 is 4.74 Å². The number of methoxy groups -OCH3 is 1. The molecule has 0 bridgehead atoms. The van der Waals surface area contributed by atoms with E-state index in [1.165, 1.54) is 12.8 Å². The lowest BCUT2D eigenvalue weighted by molar-refractivity contribution is -0.0818. The van der Waals surface area contributed by atoms with E-state index in [0.717, 1.165) is 24.5 Å². The van der Waals surface area contributed by atoms with Crippen molar-refractivity contribution in [2.75, 3.05) is 40.0 Å². The molecule has 1 amide bonds. The number of piperazine rings is 1. The van der Waals surface area contributed by atoms with E-state index in [2.05, 4.69) is 4.90 Å². The summed E-state index contributed by atoms with van der Waals surface area (Å²) in [7, 11) is 1.56. The van der Waals surface area contributed by atoms with Crippen LogP contribution in [0.3, 0.4) is 0 Å². The smallest absolute Gasteiger partial charge is 0.289 e. The molecule has 1 aromatic heterocycles. The summed E-state index contributed by atoms with van der Waals surface area (Å²) in [5.41, 5.74) is 0.554. The molecule has 2 aliphatic heterocycles. The summed E-state index contributed by atoms with van der Waals surface area (Å²) in [5.74, 6) is 1.56. The molecule has 3 heterocycles. The van der Waals surface area contributed by atoms with Gasteiger partial charge in [0.2, 0.25) is 0 Å². The van der Waals surface area contributed by atoms with Gasteiger partial charge in [0, 0.05) is 42.2 Å². The van der Waals surface area contributed by atoms with Crippen LogP contribution in [0.1, 0.15) is 23.4 Å². The Labute approximate surface area is 162 Å². The molecule has 2 atom stereocenters. The van der Waals surface area contributed by atoms with Crippen LogP contribution in [0, 0.1) is 5.92 Å². The Bertz CT molecular complexity index is 878. The Morgan fingerprint density at radius 1 is 1.22 bits per heavy atom. The summed E-state index contributed by atoms with van der Waals surface area (Å²) in [4.78, 5) is 17.5. The van der Waals surface area contributed by atoms with Crippen molar-refractivity contribution < 1.29 is 18.7 Å². The first-order valence-corrected chi connectivity index (χ1v) is 9.91. The first kappa shape index (κ1) is 17.3. The Hall–Kier alpha value is -1.76. The number of ether oxygens (including phenoxy) is 2. The van der Waals surface area contributed by atoms with Crippen molar-refractivity contribution in [3.63, 3.8) is 0 Å². The van der Waals surface area contributed by atoms with Gasteiger partial charge in [0.05, 0.1) is 26.4 Å². The molecule has 27 heavy (non-hydrogen) atoms. The third kappa shape index (κ3) is 3.10. The van der Waals surface area contributed by atoms with E-state index >= 15 is 0 Å². The first-order chi connectivity index (χ1) is 13.1. The molecule has 6 nitrogen and oxygen atoms in total. The van der Waals surface area contributed by atoms with Gasteiger partial charge in [0.15, 0.2) is 17.1 Å². The number of hydrogen-bond donors (Lipinski definition) is 0. The maximum Gasteiger partial charge on any atom is 0.289 e. The topological polar surface area (TPSA) is 55.2 Å². The molecule has 3 fully saturated rings. The molecule has 2 saturated heterocycles. The minimum Gasteiger partial charge on any atom is -0.493 e. The van der Waals surface area contributed by atoms with E-state index in [0.29, 0.717) is 47.9 Å². The number of furan rings is 1. The molecule has 7 heteroatoms. The van der Waals surface area contributed by atoms with Gasteiger partial charge in [-0.2, -0.15) is 0 Å². The molecule has 1 aromatic carbocycles. The van der Waals surface area contributed by atoms with Crippen molar-refractivity contribution in [2.24, 2.45) is 5.92 Å². The van der Waals surface area contributed by atoms with E-state index in [1.54, 1.807) is 25.3 Å². The Morgan fingerprint density at radius 2 is 2.07 bits per heavy atom. The highest BCUT2D eigenvalue weighted by Crippen LogP contribution is 2.38. The fourth-order valence-electron chi connectivity index (χ4n) is 4.45. The number of fused-ring (bicyclic) bond motifs is 2. The van der Waals surface area contributed by atoms with E-state index in [1.807, 2.05) is 4.90 Å². The minimum absolute atomic E-state index is 0.0856. The number of hydrogen-bond acceptors (Lipinski definition) is 5. The average Bonchev–Trinajstić information content (AvgIpc) is 3.44. The molecule has 0 radical (unpaired) electrons.